The number of hydrogen-bond acceptors (Lipinski definition) is 2. The molecular weight excluding hydrogens is 318 g/mol. The second kappa shape index (κ2) is 7.04. The highest BCUT2D eigenvalue weighted by atomic mass is 15.0. The molecule has 0 atom stereocenters. The molecule has 0 aliphatic heterocycles. The third-order valence-electron chi connectivity index (χ3n) is 4.72. The van der Waals surface area contributed by atoms with E-state index in [-0.39, 0.29) is 0 Å². The summed E-state index contributed by atoms with van der Waals surface area (Å²) in [6.45, 7) is 5.25. The lowest BCUT2D eigenvalue weighted by molar-refractivity contribution is 0.865. The van der Waals surface area contributed by atoms with E-state index in [2.05, 4.69) is 83.3 Å². The highest BCUT2D eigenvalue weighted by Gasteiger charge is 2.05. The Morgan fingerprint density at radius 2 is 1.69 bits per heavy atom. The van der Waals surface area contributed by atoms with Crippen LogP contribution in [0.1, 0.15) is 30.9 Å². The van der Waals surface area contributed by atoms with Gasteiger partial charge in [-0.2, -0.15) is 0 Å². The van der Waals surface area contributed by atoms with Gasteiger partial charge in [0.15, 0.2) is 0 Å². The summed E-state index contributed by atoms with van der Waals surface area (Å²) in [7, 11) is 0. The fourth-order valence-electron chi connectivity index (χ4n) is 3.14. The largest absolute Gasteiger partial charge is 0.381 e. The average Bonchev–Trinajstić information content (AvgIpc) is 3.10. The molecule has 0 fully saturated rings. The summed E-state index contributed by atoms with van der Waals surface area (Å²) in [5.74, 6) is 0.569. The van der Waals surface area contributed by atoms with Gasteiger partial charge in [-0.3, -0.25) is 4.57 Å². The molecule has 1 aromatic heterocycles. The van der Waals surface area contributed by atoms with Crippen LogP contribution in [0.3, 0.4) is 0 Å². The molecule has 0 saturated carbocycles. The van der Waals surface area contributed by atoms with Crippen molar-refractivity contribution < 1.29 is 0 Å². The van der Waals surface area contributed by atoms with Gasteiger partial charge in [-0.1, -0.05) is 56.3 Å². The highest BCUT2D eigenvalue weighted by molar-refractivity contribution is 5.81. The Morgan fingerprint density at radius 3 is 2.42 bits per heavy atom. The fourth-order valence-corrected chi connectivity index (χ4v) is 3.14. The van der Waals surface area contributed by atoms with Gasteiger partial charge in [-0.05, 0) is 47.4 Å². The third-order valence-corrected chi connectivity index (χ3v) is 4.72. The Hall–Kier alpha value is -3.07. The smallest absolute Gasteiger partial charge is 0.100 e. The zero-order valence-electron chi connectivity index (χ0n) is 15.2. The van der Waals surface area contributed by atoms with E-state index in [1.807, 2.05) is 24.5 Å². The first kappa shape index (κ1) is 16.4. The van der Waals surface area contributed by atoms with Crippen molar-refractivity contribution in [2.75, 3.05) is 5.32 Å². The fraction of sp³-hybridized carbons (Fsp3) is 0.174. The average molecular weight is 341 g/mol. The summed E-state index contributed by atoms with van der Waals surface area (Å²) >= 11 is 0. The van der Waals surface area contributed by atoms with E-state index < -0.39 is 0 Å². The van der Waals surface area contributed by atoms with Gasteiger partial charge in [0.2, 0.25) is 0 Å². The summed E-state index contributed by atoms with van der Waals surface area (Å²) in [6, 6.07) is 25.5. The second-order valence-electron chi connectivity index (χ2n) is 6.90. The summed E-state index contributed by atoms with van der Waals surface area (Å²) < 4.78 is 2.11. The normalized spacial score (nSPS) is 11.2. The van der Waals surface area contributed by atoms with Gasteiger partial charge in [0.1, 0.15) is 6.33 Å². The lowest BCUT2D eigenvalue weighted by atomic mass is 10.0. The topological polar surface area (TPSA) is 29.9 Å². The molecule has 0 saturated heterocycles. The molecular formula is C23H23N3. The molecule has 3 heteroatoms. The number of imidazole rings is 1. The molecule has 3 aromatic carbocycles. The van der Waals surface area contributed by atoms with Crippen LogP contribution in [0.4, 0.5) is 5.69 Å². The maximum absolute atomic E-state index is 4.56. The lowest BCUT2D eigenvalue weighted by Crippen LogP contribution is -2.00. The number of para-hydroxylation sites is 1. The number of anilines is 1. The van der Waals surface area contributed by atoms with E-state index in [0.717, 1.165) is 29.0 Å². The van der Waals surface area contributed by atoms with Crippen molar-refractivity contribution in [2.24, 2.45) is 0 Å². The first-order chi connectivity index (χ1) is 12.7. The van der Waals surface area contributed by atoms with Crippen molar-refractivity contribution >= 4 is 16.7 Å². The number of aromatic nitrogens is 2. The number of rotatable bonds is 5. The maximum Gasteiger partial charge on any atom is 0.100 e. The van der Waals surface area contributed by atoms with Crippen molar-refractivity contribution in [2.45, 2.75) is 26.3 Å². The van der Waals surface area contributed by atoms with Crippen LogP contribution in [0, 0.1) is 0 Å². The molecule has 3 nitrogen and oxygen atoms in total. The van der Waals surface area contributed by atoms with Crippen LogP contribution in [0.5, 0.6) is 0 Å². The van der Waals surface area contributed by atoms with Crippen LogP contribution in [0.15, 0.2) is 79.1 Å². The zero-order chi connectivity index (χ0) is 17.9. The number of benzene rings is 3. The summed E-state index contributed by atoms with van der Waals surface area (Å²) in [5, 5.41) is 3.50. The van der Waals surface area contributed by atoms with Crippen molar-refractivity contribution in [3.05, 3.63) is 90.3 Å². The molecule has 0 aliphatic carbocycles. The summed E-state index contributed by atoms with van der Waals surface area (Å²) in [5.41, 5.74) is 6.98. The number of nitrogens with zero attached hydrogens (tertiary/aromatic N) is 2. The monoisotopic (exact) mass is 341 g/mol. The van der Waals surface area contributed by atoms with Gasteiger partial charge in [0.25, 0.3) is 0 Å². The van der Waals surface area contributed by atoms with Gasteiger partial charge < -0.3 is 5.32 Å². The predicted molar refractivity (Wildman–Crippen MR) is 109 cm³/mol. The number of nitrogens with one attached hydrogen (secondary N) is 1. The van der Waals surface area contributed by atoms with Crippen LogP contribution in [-0.2, 0) is 6.54 Å². The second-order valence-corrected chi connectivity index (χ2v) is 6.90. The number of hydrogen-bond donors (Lipinski definition) is 1. The molecule has 4 rings (SSSR count). The van der Waals surface area contributed by atoms with Crippen LogP contribution >= 0.6 is 0 Å². The Bertz CT molecular complexity index is 999. The minimum absolute atomic E-state index is 0.569. The minimum Gasteiger partial charge on any atom is -0.381 e. The molecule has 0 spiro atoms. The minimum atomic E-state index is 0.569. The van der Waals surface area contributed by atoms with E-state index in [1.165, 1.54) is 11.1 Å². The Balaban J connectivity index is 1.51. The molecule has 0 unspecified atom stereocenters. The lowest BCUT2D eigenvalue weighted by Gasteiger charge is -2.09. The van der Waals surface area contributed by atoms with E-state index >= 15 is 0 Å². The van der Waals surface area contributed by atoms with Crippen molar-refractivity contribution in [3.63, 3.8) is 0 Å². The van der Waals surface area contributed by atoms with E-state index in [1.54, 1.807) is 0 Å². The Kier molecular flexibility index (Phi) is 4.44. The van der Waals surface area contributed by atoms with Gasteiger partial charge in [-0.25, -0.2) is 4.98 Å². The van der Waals surface area contributed by atoms with Crippen molar-refractivity contribution in [1.82, 2.24) is 9.55 Å². The molecule has 1 N–H and O–H groups in total. The highest BCUT2D eigenvalue weighted by Crippen LogP contribution is 2.22. The summed E-state index contributed by atoms with van der Waals surface area (Å²) in [6.07, 6.45) is 1.88. The van der Waals surface area contributed by atoms with Crippen molar-refractivity contribution in [3.8, 4) is 5.69 Å². The quantitative estimate of drug-likeness (QED) is 0.500. The standard InChI is InChI=1S/C23H23N3/c1-17(2)19-10-8-18(9-11-19)15-24-20-12-13-23-22(14-20)25-16-26(23)21-6-4-3-5-7-21/h3-14,16-17,24H,15H2,1-2H3. The predicted octanol–water partition coefficient (Wildman–Crippen LogP) is 5.76. The van der Waals surface area contributed by atoms with E-state index in [0.29, 0.717) is 5.92 Å². The molecule has 130 valence electrons. The van der Waals surface area contributed by atoms with Crippen LogP contribution < -0.4 is 5.32 Å². The van der Waals surface area contributed by atoms with E-state index in [4.69, 9.17) is 0 Å². The number of fused-ring (bicyclic) bond motifs is 1. The van der Waals surface area contributed by atoms with Gasteiger partial charge in [0.05, 0.1) is 11.0 Å². The Morgan fingerprint density at radius 1 is 0.923 bits per heavy atom. The Labute approximate surface area is 154 Å². The zero-order valence-corrected chi connectivity index (χ0v) is 15.2. The van der Waals surface area contributed by atoms with Gasteiger partial charge >= 0.3 is 0 Å². The maximum atomic E-state index is 4.56. The van der Waals surface area contributed by atoms with Crippen LogP contribution in [-0.4, -0.2) is 9.55 Å². The van der Waals surface area contributed by atoms with Crippen molar-refractivity contribution in [1.29, 1.82) is 0 Å². The van der Waals surface area contributed by atoms with E-state index in [9.17, 15) is 0 Å². The first-order valence-corrected chi connectivity index (χ1v) is 9.06. The molecule has 0 bridgehead atoms. The molecule has 0 radical (unpaired) electrons. The van der Waals surface area contributed by atoms with Gasteiger partial charge in [0, 0.05) is 17.9 Å². The van der Waals surface area contributed by atoms with Crippen LogP contribution in [0.25, 0.3) is 16.7 Å². The summed E-state index contributed by atoms with van der Waals surface area (Å²) in [4.78, 5) is 4.56. The molecule has 1 heterocycles. The SMILES string of the molecule is CC(C)c1ccc(CNc2ccc3c(c2)ncn3-c2ccccc2)cc1. The molecule has 4 aromatic rings. The molecule has 0 amide bonds. The third kappa shape index (κ3) is 3.33. The first-order valence-electron chi connectivity index (χ1n) is 9.06. The molecule has 0 aliphatic rings. The van der Waals surface area contributed by atoms with Gasteiger partial charge in [-0.15, -0.1) is 0 Å². The molecule has 26 heavy (non-hydrogen) atoms. The van der Waals surface area contributed by atoms with Crippen LogP contribution in [0.2, 0.25) is 0 Å².